The largest absolute Gasteiger partial charge is 0.478 e. The summed E-state index contributed by atoms with van der Waals surface area (Å²) in [6.45, 7) is 4.69. The first-order chi connectivity index (χ1) is 8.21. The monoisotopic (exact) mass is 292 g/mol. The first kappa shape index (κ1) is 14.7. The molecule has 0 bridgehead atoms. The Balaban J connectivity index is 3.54. The zero-order valence-corrected chi connectivity index (χ0v) is 10.9. The summed E-state index contributed by atoms with van der Waals surface area (Å²) in [5, 5.41) is 7.23. The summed E-state index contributed by atoms with van der Waals surface area (Å²) in [6.07, 6.45) is 1.17. The number of aromatic carboxylic acids is 1. The maximum absolute atomic E-state index is 13.4. The molecule has 0 spiro atoms. The van der Waals surface area contributed by atoms with Crippen molar-refractivity contribution in [2.24, 2.45) is 0 Å². The summed E-state index contributed by atoms with van der Waals surface area (Å²) < 4.78 is 37.3. The molecule has 0 aliphatic heterocycles. The Bertz CT molecular complexity index is 610. The van der Waals surface area contributed by atoms with E-state index in [1.54, 1.807) is 0 Å². The van der Waals surface area contributed by atoms with Crippen molar-refractivity contribution < 1.29 is 22.7 Å². The van der Waals surface area contributed by atoms with E-state index in [0.717, 1.165) is 6.07 Å². The molecule has 0 fully saturated rings. The SMILES string of the molecule is C=CC(C)S(=O)(=O)c1cc(F)c(Cl)c(C(=O)O)c1. The van der Waals surface area contributed by atoms with Gasteiger partial charge in [-0.1, -0.05) is 17.7 Å². The van der Waals surface area contributed by atoms with E-state index >= 15 is 0 Å². The van der Waals surface area contributed by atoms with Crippen LogP contribution in [0.3, 0.4) is 0 Å². The normalized spacial score (nSPS) is 13.1. The van der Waals surface area contributed by atoms with Gasteiger partial charge in [-0.05, 0) is 19.1 Å². The van der Waals surface area contributed by atoms with Crippen LogP contribution in [0.1, 0.15) is 17.3 Å². The van der Waals surface area contributed by atoms with Gasteiger partial charge in [0.25, 0.3) is 0 Å². The number of carboxylic acids is 1. The van der Waals surface area contributed by atoms with Crippen LogP contribution in [0, 0.1) is 5.82 Å². The van der Waals surface area contributed by atoms with Crippen LogP contribution in [0.2, 0.25) is 5.02 Å². The average Bonchev–Trinajstić information content (AvgIpc) is 2.30. The van der Waals surface area contributed by atoms with E-state index in [-0.39, 0.29) is 0 Å². The predicted molar refractivity (Wildman–Crippen MR) is 65.2 cm³/mol. The number of hydrogen-bond acceptors (Lipinski definition) is 3. The van der Waals surface area contributed by atoms with Gasteiger partial charge in [0, 0.05) is 0 Å². The molecule has 1 aromatic carbocycles. The van der Waals surface area contributed by atoms with Crippen LogP contribution in [0.4, 0.5) is 4.39 Å². The number of halogens is 2. The fraction of sp³-hybridized carbons (Fsp3) is 0.182. The lowest BCUT2D eigenvalue weighted by Gasteiger charge is -2.10. The van der Waals surface area contributed by atoms with Crippen molar-refractivity contribution in [2.75, 3.05) is 0 Å². The lowest BCUT2D eigenvalue weighted by molar-refractivity contribution is 0.0696. The summed E-state index contributed by atoms with van der Waals surface area (Å²) in [5.41, 5.74) is -0.591. The van der Waals surface area contributed by atoms with Crippen LogP contribution >= 0.6 is 11.6 Å². The fourth-order valence-corrected chi connectivity index (χ4v) is 2.65. The van der Waals surface area contributed by atoms with Gasteiger partial charge in [-0.2, -0.15) is 0 Å². The topological polar surface area (TPSA) is 71.4 Å². The van der Waals surface area contributed by atoms with Crippen LogP contribution in [0.5, 0.6) is 0 Å². The molecule has 1 atom stereocenters. The van der Waals surface area contributed by atoms with Crippen LogP contribution in [-0.4, -0.2) is 24.7 Å². The van der Waals surface area contributed by atoms with Gasteiger partial charge in [0.2, 0.25) is 0 Å². The molecule has 98 valence electrons. The van der Waals surface area contributed by atoms with Crippen molar-refractivity contribution in [3.8, 4) is 0 Å². The van der Waals surface area contributed by atoms with Crippen molar-refractivity contribution in [1.82, 2.24) is 0 Å². The van der Waals surface area contributed by atoms with Crippen LogP contribution < -0.4 is 0 Å². The van der Waals surface area contributed by atoms with E-state index in [2.05, 4.69) is 6.58 Å². The van der Waals surface area contributed by atoms with E-state index in [1.165, 1.54) is 13.0 Å². The molecule has 0 aliphatic rings. The molecule has 1 aromatic rings. The highest BCUT2D eigenvalue weighted by molar-refractivity contribution is 7.92. The van der Waals surface area contributed by atoms with Gasteiger partial charge in [-0.3, -0.25) is 0 Å². The van der Waals surface area contributed by atoms with E-state index in [1.807, 2.05) is 0 Å². The molecule has 0 aliphatic carbocycles. The van der Waals surface area contributed by atoms with Crippen LogP contribution in [0.15, 0.2) is 29.7 Å². The number of sulfone groups is 1. The van der Waals surface area contributed by atoms with E-state index in [0.29, 0.717) is 6.07 Å². The number of carboxylic acid groups (broad SMARTS) is 1. The second kappa shape index (κ2) is 5.07. The van der Waals surface area contributed by atoms with E-state index in [9.17, 15) is 17.6 Å². The van der Waals surface area contributed by atoms with Crippen molar-refractivity contribution in [1.29, 1.82) is 0 Å². The Labute approximate surface area is 109 Å². The summed E-state index contributed by atoms with van der Waals surface area (Å²) in [5.74, 6) is -2.59. The minimum absolute atomic E-state index is 0.436. The second-order valence-corrected chi connectivity index (χ2v) is 6.24. The van der Waals surface area contributed by atoms with Gasteiger partial charge in [-0.25, -0.2) is 17.6 Å². The minimum Gasteiger partial charge on any atom is -0.478 e. The molecule has 1 N–H and O–H groups in total. The Morgan fingerprint density at radius 1 is 1.56 bits per heavy atom. The summed E-state index contributed by atoms with van der Waals surface area (Å²) >= 11 is 5.45. The minimum atomic E-state index is -3.86. The van der Waals surface area contributed by atoms with Crippen molar-refractivity contribution in [3.63, 3.8) is 0 Å². The highest BCUT2D eigenvalue weighted by Crippen LogP contribution is 2.26. The standard InChI is InChI=1S/C11H10ClFO4S/c1-3-6(2)18(16,17)7-4-8(11(14)15)10(12)9(13)5-7/h3-6H,1H2,2H3,(H,14,15). The lowest BCUT2D eigenvalue weighted by atomic mass is 10.2. The third-order valence-corrected chi connectivity index (χ3v) is 4.83. The number of rotatable bonds is 4. The Morgan fingerprint density at radius 2 is 2.11 bits per heavy atom. The predicted octanol–water partition coefficient (Wildman–Crippen LogP) is 2.53. The summed E-state index contributed by atoms with van der Waals surface area (Å²) in [6, 6.07) is 1.53. The first-order valence-corrected chi connectivity index (χ1v) is 6.73. The molecule has 0 aromatic heterocycles. The maximum atomic E-state index is 13.4. The Hall–Kier alpha value is -1.40. The quantitative estimate of drug-likeness (QED) is 0.866. The van der Waals surface area contributed by atoms with Crippen molar-refractivity contribution in [3.05, 3.63) is 41.2 Å². The molecule has 0 saturated heterocycles. The Morgan fingerprint density at radius 3 is 2.56 bits per heavy atom. The fourth-order valence-electron chi connectivity index (χ4n) is 1.23. The molecule has 1 rings (SSSR count). The molecular formula is C11H10ClFO4S. The average molecular weight is 293 g/mol. The molecule has 1 unspecified atom stereocenters. The van der Waals surface area contributed by atoms with E-state index in [4.69, 9.17) is 16.7 Å². The highest BCUT2D eigenvalue weighted by Gasteiger charge is 2.25. The molecule has 0 heterocycles. The number of benzene rings is 1. The van der Waals surface area contributed by atoms with Gasteiger partial charge in [0.15, 0.2) is 9.84 Å². The van der Waals surface area contributed by atoms with Gasteiger partial charge in [0.1, 0.15) is 5.82 Å². The van der Waals surface area contributed by atoms with Gasteiger partial charge in [-0.15, -0.1) is 6.58 Å². The number of carbonyl (C=O) groups is 1. The summed E-state index contributed by atoms with van der Waals surface area (Å²) in [7, 11) is -3.86. The van der Waals surface area contributed by atoms with Crippen LogP contribution in [0.25, 0.3) is 0 Å². The molecule has 0 radical (unpaired) electrons. The smallest absolute Gasteiger partial charge is 0.337 e. The molecule has 0 saturated carbocycles. The molecule has 0 amide bonds. The molecule has 7 heteroatoms. The Kier molecular flexibility index (Phi) is 4.13. The molecular weight excluding hydrogens is 283 g/mol. The van der Waals surface area contributed by atoms with Gasteiger partial charge < -0.3 is 5.11 Å². The van der Waals surface area contributed by atoms with E-state index < -0.39 is 42.4 Å². The van der Waals surface area contributed by atoms with Gasteiger partial charge >= 0.3 is 5.97 Å². The summed E-state index contributed by atoms with van der Waals surface area (Å²) in [4.78, 5) is 10.4. The zero-order chi connectivity index (χ0) is 14.1. The molecule has 18 heavy (non-hydrogen) atoms. The van der Waals surface area contributed by atoms with Crippen molar-refractivity contribution in [2.45, 2.75) is 17.1 Å². The highest BCUT2D eigenvalue weighted by atomic mass is 35.5. The zero-order valence-electron chi connectivity index (χ0n) is 9.35. The van der Waals surface area contributed by atoms with Gasteiger partial charge in [0.05, 0.1) is 20.7 Å². The third kappa shape index (κ3) is 2.54. The van der Waals surface area contributed by atoms with Crippen LogP contribution in [-0.2, 0) is 9.84 Å². The molecule has 4 nitrogen and oxygen atoms in total. The third-order valence-electron chi connectivity index (χ3n) is 2.38. The van der Waals surface area contributed by atoms with Crippen molar-refractivity contribution >= 4 is 27.4 Å². The second-order valence-electron chi connectivity index (χ2n) is 3.56. The first-order valence-electron chi connectivity index (χ1n) is 4.80. The maximum Gasteiger partial charge on any atom is 0.337 e. The number of hydrogen-bond donors (Lipinski definition) is 1. The lowest BCUT2D eigenvalue weighted by Crippen LogP contribution is -2.16.